The van der Waals surface area contributed by atoms with Gasteiger partial charge in [0.2, 0.25) is 0 Å². The number of rotatable bonds is 6. The molecule has 2 rings (SSSR count). The zero-order valence-corrected chi connectivity index (χ0v) is 12.5. The van der Waals surface area contributed by atoms with Crippen LogP contribution in [-0.4, -0.2) is 0 Å². The first-order chi connectivity index (χ1) is 9.31. The van der Waals surface area contributed by atoms with Crippen molar-refractivity contribution in [1.29, 1.82) is 0 Å². The second-order valence-electron chi connectivity index (χ2n) is 4.44. The van der Waals surface area contributed by atoms with Gasteiger partial charge >= 0.3 is 0 Å². The Kier molecular flexibility index (Phi) is 5.83. The minimum Gasteiger partial charge on any atom is -0.372 e. The maximum atomic E-state index is 5.71. The Balaban J connectivity index is 1.81. The Morgan fingerprint density at radius 2 is 0.895 bits per heavy atom. The third kappa shape index (κ3) is 4.60. The fraction of sp³-hybridized carbons (Fsp3) is 0.250. The van der Waals surface area contributed by atoms with Crippen LogP contribution in [0.4, 0.5) is 0 Å². The summed E-state index contributed by atoms with van der Waals surface area (Å²) in [6, 6.07) is 16.7. The van der Waals surface area contributed by atoms with Crippen molar-refractivity contribution in [3.05, 3.63) is 70.8 Å². The highest BCUT2D eigenvalue weighted by molar-refractivity contribution is 7.79. The maximum Gasteiger partial charge on any atom is 0.0721 e. The highest BCUT2D eigenvalue weighted by Crippen LogP contribution is 2.11. The minimum atomic E-state index is 0.640. The number of thiol groups is 2. The highest BCUT2D eigenvalue weighted by Gasteiger charge is 1.97. The molecule has 0 heterocycles. The number of hydrogen-bond donors (Lipinski definition) is 2. The zero-order chi connectivity index (χ0) is 13.5. The first-order valence-electron chi connectivity index (χ1n) is 6.27. The van der Waals surface area contributed by atoms with Crippen LogP contribution >= 0.6 is 25.3 Å². The van der Waals surface area contributed by atoms with Crippen LogP contribution in [0.1, 0.15) is 22.3 Å². The largest absolute Gasteiger partial charge is 0.372 e. The van der Waals surface area contributed by atoms with E-state index < -0.39 is 0 Å². The van der Waals surface area contributed by atoms with Crippen molar-refractivity contribution < 1.29 is 4.74 Å². The molecule has 0 aliphatic heterocycles. The lowest BCUT2D eigenvalue weighted by Crippen LogP contribution is -1.94. The standard InChI is InChI=1S/C16H18OS2/c18-11-15-5-1-13(2-6-15)9-17-10-14-3-7-16(12-19)8-4-14/h1-8,18-19H,9-12H2. The fourth-order valence-corrected chi connectivity index (χ4v) is 2.19. The van der Waals surface area contributed by atoms with Gasteiger partial charge in [0.15, 0.2) is 0 Å². The number of ether oxygens (including phenoxy) is 1. The smallest absolute Gasteiger partial charge is 0.0721 e. The van der Waals surface area contributed by atoms with Crippen LogP contribution in [0.2, 0.25) is 0 Å². The molecular formula is C16H18OS2. The van der Waals surface area contributed by atoms with E-state index in [4.69, 9.17) is 4.74 Å². The summed E-state index contributed by atoms with van der Waals surface area (Å²) in [5, 5.41) is 0. The van der Waals surface area contributed by atoms with Gasteiger partial charge in [-0.1, -0.05) is 48.5 Å². The van der Waals surface area contributed by atoms with E-state index in [9.17, 15) is 0 Å². The molecule has 100 valence electrons. The highest BCUT2D eigenvalue weighted by atomic mass is 32.1. The Hall–Kier alpha value is -0.900. The summed E-state index contributed by atoms with van der Waals surface area (Å²) in [4.78, 5) is 0. The second kappa shape index (κ2) is 7.63. The summed E-state index contributed by atoms with van der Waals surface area (Å²) in [6.45, 7) is 1.28. The van der Waals surface area contributed by atoms with Crippen LogP contribution in [0.15, 0.2) is 48.5 Å². The lowest BCUT2D eigenvalue weighted by atomic mass is 10.1. The zero-order valence-electron chi connectivity index (χ0n) is 10.7. The van der Waals surface area contributed by atoms with Crippen LogP contribution in [0.3, 0.4) is 0 Å². The summed E-state index contributed by atoms with van der Waals surface area (Å²) >= 11 is 8.48. The minimum absolute atomic E-state index is 0.640. The lowest BCUT2D eigenvalue weighted by molar-refractivity contribution is 0.107. The van der Waals surface area contributed by atoms with Crippen molar-refractivity contribution in [2.75, 3.05) is 0 Å². The molecule has 0 saturated carbocycles. The second-order valence-corrected chi connectivity index (χ2v) is 5.07. The molecule has 0 aliphatic carbocycles. The van der Waals surface area contributed by atoms with Gasteiger partial charge < -0.3 is 4.74 Å². The molecule has 0 atom stereocenters. The van der Waals surface area contributed by atoms with E-state index in [0.29, 0.717) is 13.2 Å². The average Bonchev–Trinajstić information content (AvgIpc) is 2.49. The molecule has 1 nitrogen and oxygen atoms in total. The topological polar surface area (TPSA) is 9.23 Å². The summed E-state index contributed by atoms with van der Waals surface area (Å²) < 4.78 is 5.71. The van der Waals surface area contributed by atoms with Gasteiger partial charge in [-0.2, -0.15) is 25.3 Å². The van der Waals surface area contributed by atoms with Gasteiger partial charge in [-0.3, -0.25) is 0 Å². The summed E-state index contributed by atoms with van der Waals surface area (Å²) in [6.07, 6.45) is 0. The summed E-state index contributed by atoms with van der Waals surface area (Å²) in [7, 11) is 0. The van der Waals surface area contributed by atoms with Crippen molar-refractivity contribution in [2.45, 2.75) is 24.7 Å². The molecule has 0 saturated heterocycles. The average molecular weight is 290 g/mol. The molecule has 19 heavy (non-hydrogen) atoms. The number of hydrogen-bond acceptors (Lipinski definition) is 3. The molecule has 0 spiro atoms. The third-order valence-electron chi connectivity index (χ3n) is 2.95. The molecule has 0 fully saturated rings. The molecule has 2 aromatic carbocycles. The van der Waals surface area contributed by atoms with Crippen molar-refractivity contribution in [1.82, 2.24) is 0 Å². The van der Waals surface area contributed by atoms with E-state index in [1.807, 2.05) is 0 Å². The maximum absolute atomic E-state index is 5.71. The van der Waals surface area contributed by atoms with Crippen LogP contribution < -0.4 is 0 Å². The predicted octanol–water partition coefficient (Wildman–Crippen LogP) is 4.26. The molecule has 0 aliphatic rings. The van der Waals surface area contributed by atoms with Crippen molar-refractivity contribution in [3.8, 4) is 0 Å². The van der Waals surface area contributed by atoms with Crippen LogP contribution in [0.25, 0.3) is 0 Å². The third-order valence-corrected chi connectivity index (χ3v) is 3.68. The van der Waals surface area contributed by atoms with E-state index in [-0.39, 0.29) is 0 Å². The number of benzene rings is 2. The van der Waals surface area contributed by atoms with Gasteiger partial charge in [0, 0.05) is 11.5 Å². The van der Waals surface area contributed by atoms with E-state index >= 15 is 0 Å². The normalized spacial score (nSPS) is 10.6. The fourth-order valence-electron chi connectivity index (χ4n) is 1.77. The molecule has 3 heteroatoms. The Labute approximate surface area is 125 Å². The van der Waals surface area contributed by atoms with Crippen LogP contribution in [0.5, 0.6) is 0 Å². The molecule has 0 unspecified atom stereocenters. The van der Waals surface area contributed by atoms with E-state index in [1.165, 1.54) is 22.3 Å². The molecule has 2 aromatic rings. The molecule has 0 aromatic heterocycles. The molecular weight excluding hydrogens is 272 g/mol. The van der Waals surface area contributed by atoms with E-state index in [1.54, 1.807) is 0 Å². The Morgan fingerprint density at radius 3 is 1.21 bits per heavy atom. The summed E-state index contributed by atoms with van der Waals surface area (Å²) in [5.41, 5.74) is 4.85. The lowest BCUT2D eigenvalue weighted by Gasteiger charge is -2.06. The first-order valence-corrected chi connectivity index (χ1v) is 7.53. The SMILES string of the molecule is SCc1ccc(COCc2ccc(CS)cc2)cc1. The Morgan fingerprint density at radius 1 is 0.579 bits per heavy atom. The predicted molar refractivity (Wildman–Crippen MR) is 86.8 cm³/mol. The molecule has 0 amide bonds. The van der Waals surface area contributed by atoms with Gasteiger partial charge in [0.05, 0.1) is 13.2 Å². The van der Waals surface area contributed by atoms with Gasteiger partial charge in [-0.05, 0) is 22.3 Å². The van der Waals surface area contributed by atoms with E-state index in [2.05, 4.69) is 73.8 Å². The van der Waals surface area contributed by atoms with Gasteiger partial charge in [-0.15, -0.1) is 0 Å². The van der Waals surface area contributed by atoms with Crippen molar-refractivity contribution >= 4 is 25.3 Å². The van der Waals surface area contributed by atoms with Crippen molar-refractivity contribution in [2.24, 2.45) is 0 Å². The Bertz CT molecular complexity index is 444. The van der Waals surface area contributed by atoms with E-state index in [0.717, 1.165) is 11.5 Å². The van der Waals surface area contributed by atoms with Gasteiger partial charge in [0.1, 0.15) is 0 Å². The van der Waals surface area contributed by atoms with Crippen LogP contribution in [0, 0.1) is 0 Å². The molecule has 0 N–H and O–H groups in total. The monoisotopic (exact) mass is 290 g/mol. The van der Waals surface area contributed by atoms with Gasteiger partial charge in [-0.25, -0.2) is 0 Å². The quantitative estimate of drug-likeness (QED) is 0.756. The molecule has 0 radical (unpaired) electrons. The first kappa shape index (κ1) is 14.5. The van der Waals surface area contributed by atoms with Crippen LogP contribution in [-0.2, 0) is 29.5 Å². The summed E-state index contributed by atoms with van der Waals surface area (Å²) in [5.74, 6) is 1.55. The van der Waals surface area contributed by atoms with Crippen molar-refractivity contribution in [3.63, 3.8) is 0 Å². The molecule has 0 bridgehead atoms. The van der Waals surface area contributed by atoms with Gasteiger partial charge in [0.25, 0.3) is 0 Å².